The monoisotopic (exact) mass is 328 g/mol. The quantitative estimate of drug-likeness (QED) is 0.725. The lowest BCUT2D eigenvalue weighted by Crippen LogP contribution is -2.12. The summed E-state index contributed by atoms with van der Waals surface area (Å²) in [6.45, 7) is 0. The number of anilines is 1. The number of amides is 1. The highest BCUT2D eigenvalue weighted by Gasteiger charge is 2.26. The largest absolute Gasteiger partial charge is 0.321 e. The van der Waals surface area contributed by atoms with E-state index >= 15 is 0 Å². The Morgan fingerprint density at radius 3 is 2.84 bits per heavy atom. The molecule has 5 heteroatoms. The summed E-state index contributed by atoms with van der Waals surface area (Å²) in [5, 5.41) is 9.91. The smallest absolute Gasteiger partial charge is 0.276 e. The molecule has 25 heavy (non-hydrogen) atoms. The first-order valence-corrected chi connectivity index (χ1v) is 8.18. The summed E-state index contributed by atoms with van der Waals surface area (Å²) in [5.74, 6) is 6.38. The molecule has 0 saturated heterocycles. The van der Waals surface area contributed by atoms with Crippen LogP contribution in [-0.2, 0) is 0 Å². The second-order valence-corrected chi connectivity index (χ2v) is 5.98. The van der Waals surface area contributed by atoms with Crippen molar-refractivity contribution in [2.45, 2.75) is 18.8 Å². The van der Waals surface area contributed by atoms with E-state index in [0.29, 0.717) is 23.0 Å². The van der Waals surface area contributed by atoms with Crippen molar-refractivity contribution in [3.63, 3.8) is 0 Å². The molecular weight excluding hydrogens is 312 g/mol. The maximum Gasteiger partial charge on any atom is 0.276 e. The molecule has 4 rings (SSSR count). The molecule has 0 aliphatic heterocycles. The summed E-state index contributed by atoms with van der Waals surface area (Å²) < 4.78 is 0. The van der Waals surface area contributed by atoms with E-state index in [0.717, 1.165) is 11.3 Å². The summed E-state index contributed by atoms with van der Waals surface area (Å²) in [6.07, 6.45) is 4.04. The summed E-state index contributed by atoms with van der Waals surface area (Å²) in [6, 6.07) is 14.9. The van der Waals surface area contributed by atoms with Gasteiger partial charge in [-0.2, -0.15) is 5.10 Å². The number of hydrogen-bond donors (Lipinski definition) is 2. The van der Waals surface area contributed by atoms with Crippen molar-refractivity contribution in [2.24, 2.45) is 0 Å². The van der Waals surface area contributed by atoms with E-state index in [9.17, 15) is 4.79 Å². The van der Waals surface area contributed by atoms with E-state index in [2.05, 4.69) is 32.3 Å². The summed E-state index contributed by atoms with van der Waals surface area (Å²) >= 11 is 0. The molecule has 2 aromatic heterocycles. The van der Waals surface area contributed by atoms with Gasteiger partial charge in [-0.15, -0.1) is 0 Å². The Bertz CT molecular complexity index is 962. The third kappa shape index (κ3) is 3.75. The van der Waals surface area contributed by atoms with Crippen LogP contribution in [0.5, 0.6) is 0 Å². The topological polar surface area (TPSA) is 70.7 Å². The average molecular weight is 328 g/mol. The molecule has 1 aromatic carbocycles. The Hall–Kier alpha value is -3.39. The Morgan fingerprint density at radius 2 is 2.04 bits per heavy atom. The number of nitrogens with zero attached hydrogens (tertiary/aromatic N) is 2. The fourth-order valence-electron chi connectivity index (χ4n) is 2.50. The van der Waals surface area contributed by atoms with Crippen LogP contribution >= 0.6 is 0 Å². The van der Waals surface area contributed by atoms with Crippen molar-refractivity contribution in [2.75, 3.05) is 5.32 Å². The zero-order valence-electron chi connectivity index (χ0n) is 13.5. The van der Waals surface area contributed by atoms with Gasteiger partial charge in [-0.05, 0) is 55.2 Å². The SMILES string of the molecule is O=C(Nc1cccc(C#Cc2ccccn2)c1)c1cc(C2CC2)[nH]n1. The minimum atomic E-state index is -0.224. The van der Waals surface area contributed by atoms with E-state index in [4.69, 9.17) is 0 Å². The van der Waals surface area contributed by atoms with Crippen LogP contribution in [0.15, 0.2) is 54.7 Å². The molecule has 0 spiro atoms. The molecule has 1 amide bonds. The predicted octanol–water partition coefficient (Wildman–Crippen LogP) is 3.33. The van der Waals surface area contributed by atoms with Gasteiger partial charge in [0.25, 0.3) is 5.91 Å². The second-order valence-electron chi connectivity index (χ2n) is 5.98. The van der Waals surface area contributed by atoms with Crippen molar-refractivity contribution < 1.29 is 4.79 Å². The molecule has 1 aliphatic rings. The molecule has 2 N–H and O–H groups in total. The lowest BCUT2D eigenvalue weighted by molar-refractivity contribution is 0.102. The molecular formula is C20H16N4O. The number of aromatic amines is 1. The number of nitrogens with one attached hydrogen (secondary N) is 2. The second kappa shape index (κ2) is 6.62. The first kappa shape index (κ1) is 15.2. The minimum Gasteiger partial charge on any atom is -0.321 e. The molecule has 1 aliphatic carbocycles. The highest BCUT2D eigenvalue weighted by Crippen LogP contribution is 2.39. The molecule has 0 radical (unpaired) electrons. The van der Waals surface area contributed by atoms with Gasteiger partial charge < -0.3 is 5.32 Å². The highest BCUT2D eigenvalue weighted by molar-refractivity contribution is 6.03. The number of rotatable bonds is 3. The number of benzene rings is 1. The lowest BCUT2D eigenvalue weighted by atomic mass is 10.2. The number of pyridine rings is 1. The Morgan fingerprint density at radius 1 is 1.12 bits per heavy atom. The molecule has 2 heterocycles. The van der Waals surface area contributed by atoms with Gasteiger partial charge in [-0.1, -0.05) is 18.1 Å². The fraction of sp³-hybridized carbons (Fsp3) is 0.150. The van der Waals surface area contributed by atoms with Crippen LogP contribution < -0.4 is 5.32 Å². The number of aromatic nitrogens is 3. The zero-order valence-corrected chi connectivity index (χ0v) is 13.5. The Labute approximate surface area is 145 Å². The molecule has 0 bridgehead atoms. The average Bonchev–Trinajstić information content (AvgIpc) is 3.38. The molecule has 5 nitrogen and oxygen atoms in total. The van der Waals surface area contributed by atoms with Crippen molar-refractivity contribution in [1.82, 2.24) is 15.2 Å². The fourth-order valence-corrected chi connectivity index (χ4v) is 2.50. The number of carbonyl (C=O) groups is 1. The van der Waals surface area contributed by atoms with Crippen LogP contribution in [-0.4, -0.2) is 21.1 Å². The van der Waals surface area contributed by atoms with Crippen molar-refractivity contribution in [3.8, 4) is 11.8 Å². The predicted molar refractivity (Wildman–Crippen MR) is 95.2 cm³/mol. The first-order chi connectivity index (χ1) is 12.3. The van der Waals surface area contributed by atoms with E-state index in [1.54, 1.807) is 6.20 Å². The molecule has 0 unspecified atom stereocenters. The van der Waals surface area contributed by atoms with Crippen molar-refractivity contribution >= 4 is 11.6 Å². The number of hydrogen-bond acceptors (Lipinski definition) is 3. The summed E-state index contributed by atoms with van der Waals surface area (Å²) in [7, 11) is 0. The maximum absolute atomic E-state index is 12.3. The van der Waals surface area contributed by atoms with Gasteiger partial charge in [-0.25, -0.2) is 4.98 Å². The standard InChI is InChI=1S/C20H16N4O/c25-20(19-13-18(23-24-19)15-8-9-15)22-17-6-3-4-14(12-17)7-10-16-5-1-2-11-21-16/h1-6,11-13,15H,8-9H2,(H,22,25)(H,23,24). The highest BCUT2D eigenvalue weighted by atomic mass is 16.1. The van der Waals surface area contributed by atoms with Crippen molar-refractivity contribution in [1.29, 1.82) is 0 Å². The van der Waals surface area contributed by atoms with E-state index in [1.165, 1.54) is 12.8 Å². The van der Waals surface area contributed by atoms with Gasteiger partial charge >= 0.3 is 0 Å². The lowest BCUT2D eigenvalue weighted by Gasteiger charge is -2.03. The van der Waals surface area contributed by atoms with Crippen LogP contribution in [0.25, 0.3) is 0 Å². The van der Waals surface area contributed by atoms with Crippen LogP contribution in [0.1, 0.15) is 46.2 Å². The van der Waals surface area contributed by atoms with Gasteiger partial charge in [0.1, 0.15) is 5.69 Å². The molecule has 122 valence electrons. The third-order valence-electron chi connectivity index (χ3n) is 3.97. The van der Waals surface area contributed by atoms with Crippen molar-refractivity contribution in [3.05, 3.63) is 77.4 Å². The van der Waals surface area contributed by atoms with E-state index in [1.807, 2.05) is 48.5 Å². The summed E-state index contributed by atoms with van der Waals surface area (Å²) in [5.41, 5.74) is 3.66. The van der Waals surface area contributed by atoms with Crippen LogP contribution in [0, 0.1) is 11.8 Å². The van der Waals surface area contributed by atoms with Gasteiger partial charge in [0.05, 0.1) is 0 Å². The molecule has 3 aromatic rings. The summed E-state index contributed by atoms with van der Waals surface area (Å²) in [4.78, 5) is 16.5. The van der Waals surface area contributed by atoms with Crippen LogP contribution in [0.2, 0.25) is 0 Å². The van der Waals surface area contributed by atoms with Gasteiger partial charge in [-0.3, -0.25) is 9.89 Å². The number of H-pyrrole nitrogens is 1. The normalized spacial score (nSPS) is 13.0. The number of carbonyl (C=O) groups excluding carboxylic acids is 1. The first-order valence-electron chi connectivity index (χ1n) is 8.18. The molecule has 1 saturated carbocycles. The third-order valence-corrected chi connectivity index (χ3v) is 3.97. The van der Waals surface area contributed by atoms with Gasteiger partial charge in [0, 0.05) is 29.1 Å². The zero-order chi connectivity index (χ0) is 17.1. The van der Waals surface area contributed by atoms with Crippen LogP contribution in [0.3, 0.4) is 0 Å². The maximum atomic E-state index is 12.3. The van der Waals surface area contributed by atoms with Gasteiger partial charge in [0.2, 0.25) is 0 Å². The van der Waals surface area contributed by atoms with E-state index < -0.39 is 0 Å². The van der Waals surface area contributed by atoms with Crippen LogP contribution in [0.4, 0.5) is 5.69 Å². The van der Waals surface area contributed by atoms with E-state index in [-0.39, 0.29) is 5.91 Å². The van der Waals surface area contributed by atoms with Gasteiger partial charge in [0.15, 0.2) is 5.69 Å². The molecule has 1 fully saturated rings. The minimum absolute atomic E-state index is 0.224. The Balaban J connectivity index is 1.47. The Kier molecular flexibility index (Phi) is 4.01. The molecule has 0 atom stereocenters.